The molecular formula is C33H31Cl2F2N3O2. The molecule has 4 aromatic rings. The molecule has 2 atom stereocenters. The zero-order valence-corrected chi connectivity index (χ0v) is 25.2. The minimum absolute atomic E-state index is 0.0564. The molecule has 1 saturated carbocycles. The number of hydrogen-bond acceptors (Lipinski definition) is 5. The van der Waals surface area contributed by atoms with E-state index < -0.39 is 11.6 Å². The number of methoxy groups -OCH3 is 1. The summed E-state index contributed by atoms with van der Waals surface area (Å²) >= 11 is 12.5. The van der Waals surface area contributed by atoms with Crippen molar-refractivity contribution in [3.63, 3.8) is 0 Å². The number of nitrogens with one attached hydrogen (secondary N) is 1. The summed E-state index contributed by atoms with van der Waals surface area (Å²) in [5.74, 6) is -0.277. The van der Waals surface area contributed by atoms with Crippen molar-refractivity contribution >= 4 is 39.8 Å². The first-order valence-electron chi connectivity index (χ1n) is 14.0. The van der Waals surface area contributed by atoms with Crippen molar-refractivity contribution in [1.82, 2.24) is 15.3 Å². The van der Waals surface area contributed by atoms with Gasteiger partial charge in [0.1, 0.15) is 22.9 Å². The number of fused-ring (bicyclic) bond motifs is 2. The molecule has 1 fully saturated rings. The Morgan fingerprint density at radius 2 is 1.88 bits per heavy atom. The highest BCUT2D eigenvalue weighted by Crippen LogP contribution is 2.45. The number of nitrogens with zero attached hydrogens (tertiary/aromatic N) is 2. The van der Waals surface area contributed by atoms with Crippen LogP contribution in [0.4, 0.5) is 8.78 Å². The van der Waals surface area contributed by atoms with Gasteiger partial charge in [0.15, 0.2) is 0 Å². The molecule has 42 heavy (non-hydrogen) atoms. The topological polar surface area (TPSA) is 56.3 Å². The van der Waals surface area contributed by atoms with Gasteiger partial charge in [-0.15, -0.1) is 0 Å². The van der Waals surface area contributed by atoms with E-state index in [1.54, 1.807) is 7.11 Å². The Labute approximate surface area is 253 Å². The molecule has 2 aromatic carbocycles. The van der Waals surface area contributed by atoms with Gasteiger partial charge in [-0.3, -0.25) is 4.98 Å². The summed E-state index contributed by atoms with van der Waals surface area (Å²) in [5, 5.41) is 4.82. The van der Waals surface area contributed by atoms with Crippen LogP contribution >= 0.6 is 23.2 Å². The Hall–Kier alpha value is -3.26. The highest BCUT2D eigenvalue weighted by atomic mass is 35.5. The molecule has 0 amide bonds. The molecule has 5 nitrogen and oxygen atoms in total. The fourth-order valence-corrected chi connectivity index (χ4v) is 6.07. The van der Waals surface area contributed by atoms with Crippen LogP contribution in [0.1, 0.15) is 59.7 Å². The first-order valence-corrected chi connectivity index (χ1v) is 14.7. The van der Waals surface area contributed by atoms with Gasteiger partial charge in [0.05, 0.1) is 41.8 Å². The number of aryl methyl sites for hydroxylation is 1. The van der Waals surface area contributed by atoms with Crippen LogP contribution < -0.4 is 10.1 Å². The van der Waals surface area contributed by atoms with Crippen LogP contribution in [-0.2, 0) is 11.3 Å². The minimum Gasteiger partial charge on any atom is -0.494 e. The van der Waals surface area contributed by atoms with Crippen LogP contribution in [0.3, 0.4) is 0 Å². The van der Waals surface area contributed by atoms with Crippen LogP contribution in [0.2, 0.25) is 10.0 Å². The zero-order valence-electron chi connectivity index (χ0n) is 23.7. The number of halogens is 4. The third-order valence-electron chi connectivity index (χ3n) is 8.28. The maximum Gasteiger partial charge on any atom is 0.145 e. The minimum atomic E-state index is -0.801. The van der Waals surface area contributed by atoms with Crippen molar-refractivity contribution in [2.75, 3.05) is 20.3 Å². The number of pyridine rings is 2. The number of rotatable bonds is 8. The smallest absolute Gasteiger partial charge is 0.145 e. The molecule has 1 aliphatic heterocycles. The molecule has 3 heterocycles. The highest BCUT2D eigenvalue weighted by molar-refractivity contribution is 6.32. The van der Waals surface area contributed by atoms with Crippen molar-refractivity contribution in [1.29, 1.82) is 0 Å². The molecule has 9 heteroatoms. The van der Waals surface area contributed by atoms with Crippen molar-refractivity contribution in [3.8, 4) is 17.0 Å². The van der Waals surface area contributed by atoms with Gasteiger partial charge < -0.3 is 14.8 Å². The summed E-state index contributed by atoms with van der Waals surface area (Å²) in [6.45, 7) is 9.71. The number of hydrogen-bond donors (Lipinski definition) is 1. The Morgan fingerprint density at radius 1 is 1.10 bits per heavy atom. The van der Waals surface area contributed by atoms with E-state index in [0.717, 1.165) is 63.6 Å². The normalized spacial score (nSPS) is 17.2. The molecule has 0 radical (unpaired) electrons. The molecule has 2 aromatic heterocycles. The van der Waals surface area contributed by atoms with Gasteiger partial charge in [0.2, 0.25) is 0 Å². The maximum atomic E-state index is 15.1. The highest BCUT2D eigenvalue weighted by Gasteiger charge is 2.35. The molecule has 1 N–H and O–H groups in total. The zero-order chi connectivity index (χ0) is 29.7. The van der Waals surface area contributed by atoms with Gasteiger partial charge >= 0.3 is 0 Å². The van der Waals surface area contributed by atoms with Crippen molar-refractivity contribution in [2.24, 2.45) is 5.92 Å². The number of aromatic nitrogens is 2. The predicted octanol–water partition coefficient (Wildman–Crippen LogP) is 8.59. The molecule has 6 rings (SSSR count). The standard InChI is InChI=1S/C33H31Cl2F2N3O2/c1-16-14-42-15-25-22(16)11-30(40-33(25)23-10-27(35)29(37)12-28(23)36)24(19-5-6-19)13-38-17(2)20-7-21-8-26(34)18(3)39-32(21)31(9-20)41-4/h7-12,16,19,24,38H,2,5-6,13-15H2,1,3-4H3. The fraction of sp³-hybridized carbons (Fsp3) is 0.333. The van der Waals surface area contributed by atoms with E-state index in [-0.39, 0.29) is 22.4 Å². The van der Waals surface area contributed by atoms with Crippen LogP contribution in [-0.4, -0.2) is 30.2 Å². The molecule has 1 aliphatic carbocycles. The number of benzene rings is 2. The lowest BCUT2D eigenvalue weighted by molar-refractivity contribution is 0.0951. The Kier molecular flexibility index (Phi) is 7.85. The van der Waals surface area contributed by atoms with Crippen LogP contribution in [0.25, 0.3) is 27.9 Å². The third-order valence-corrected chi connectivity index (χ3v) is 8.95. The van der Waals surface area contributed by atoms with Gasteiger partial charge in [-0.25, -0.2) is 13.8 Å². The van der Waals surface area contributed by atoms with Gasteiger partial charge in [0.25, 0.3) is 0 Å². The quantitative estimate of drug-likeness (QED) is 0.203. The van der Waals surface area contributed by atoms with E-state index in [2.05, 4.69) is 29.9 Å². The van der Waals surface area contributed by atoms with Gasteiger partial charge in [-0.05, 0) is 61.6 Å². The van der Waals surface area contributed by atoms with E-state index in [1.165, 1.54) is 6.07 Å². The summed E-state index contributed by atoms with van der Waals surface area (Å²) in [4.78, 5) is 9.61. The van der Waals surface area contributed by atoms with Crippen LogP contribution in [0, 0.1) is 24.5 Å². The third kappa shape index (κ3) is 5.46. The first kappa shape index (κ1) is 28.8. The SMILES string of the molecule is C=C(NCC(c1cc2c(c(-c3cc(Cl)c(F)cc3F)n1)COCC2C)C1CC1)c1cc(OC)c2nc(C)c(Cl)cc2c1. The van der Waals surface area contributed by atoms with Gasteiger partial charge in [-0.2, -0.15) is 0 Å². The van der Waals surface area contributed by atoms with Crippen LogP contribution in [0.15, 0.2) is 43.0 Å². The van der Waals surface area contributed by atoms with Gasteiger partial charge in [-0.1, -0.05) is 36.7 Å². The van der Waals surface area contributed by atoms with Crippen molar-refractivity contribution in [3.05, 3.63) is 92.7 Å². The monoisotopic (exact) mass is 609 g/mol. The summed E-state index contributed by atoms with van der Waals surface area (Å²) in [7, 11) is 1.62. The van der Waals surface area contributed by atoms with E-state index in [1.807, 2.05) is 25.1 Å². The van der Waals surface area contributed by atoms with Gasteiger partial charge in [0, 0.05) is 57.9 Å². The second kappa shape index (κ2) is 11.4. The molecule has 0 saturated heterocycles. The second-order valence-electron chi connectivity index (χ2n) is 11.2. The lowest BCUT2D eigenvalue weighted by atomic mass is 9.88. The Morgan fingerprint density at radius 3 is 2.62 bits per heavy atom. The molecule has 0 spiro atoms. The molecule has 2 unspecified atom stereocenters. The summed E-state index contributed by atoms with van der Waals surface area (Å²) in [5.41, 5.74) is 6.46. The van der Waals surface area contributed by atoms with E-state index in [0.29, 0.717) is 42.1 Å². The lowest BCUT2D eigenvalue weighted by Gasteiger charge is -2.28. The predicted molar refractivity (Wildman–Crippen MR) is 163 cm³/mol. The average Bonchev–Trinajstić information content (AvgIpc) is 3.80. The van der Waals surface area contributed by atoms with Crippen molar-refractivity contribution in [2.45, 2.75) is 45.1 Å². The fourth-order valence-electron chi connectivity index (χ4n) is 5.75. The van der Waals surface area contributed by atoms with Crippen LogP contribution in [0.5, 0.6) is 5.75 Å². The largest absolute Gasteiger partial charge is 0.494 e. The molecule has 0 bridgehead atoms. The lowest BCUT2D eigenvalue weighted by Crippen LogP contribution is -2.24. The molecular weight excluding hydrogens is 579 g/mol. The summed E-state index contributed by atoms with van der Waals surface area (Å²) in [6.07, 6.45) is 2.16. The molecule has 2 aliphatic rings. The van der Waals surface area contributed by atoms with E-state index in [9.17, 15) is 4.39 Å². The Balaban J connectivity index is 1.35. The first-order chi connectivity index (χ1) is 20.1. The maximum absolute atomic E-state index is 15.1. The number of ether oxygens (including phenoxy) is 2. The van der Waals surface area contributed by atoms with Crippen molar-refractivity contribution < 1.29 is 18.3 Å². The second-order valence-corrected chi connectivity index (χ2v) is 12.0. The Bertz CT molecular complexity index is 1720. The van der Waals surface area contributed by atoms with E-state index in [4.69, 9.17) is 37.7 Å². The summed E-state index contributed by atoms with van der Waals surface area (Å²) in [6, 6.07) is 10.1. The average molecular weight is 611 g/mol. The van der Waals surface area contributed by atoms with E-state index >= 15 is 4.39 Å². The molecule has 218 valence electrons. The summed E-state index contributed by atoms with van der Waals surface area (Å²) < 4.78 is 40.6.